The first kappa shape index (κ1) is 39.5. The fourth-order valence-corrected chi connectivity index (χ4v) is 6.99. The van der Waals surface area contributed by atoms with Crippen LogP contribution in [0.3, 0.4) is 0 Å². The van der Waals surface area contributed by atoms with E-state index in [2.05, 4.69) is 17.9 Å². The van der Waals surface area contributed by atoms with E-state index in [0.717, 1.165) is 11.1 Å². The van der Waals surface area contributed by atoms with Crippen LogP contribution in [-0.2, 0) is 39.8 Å². The van der Waals surface area contributed by atoms with Crippen LogP contribution in [0.4, 0.5) is 10.5 Å². The number of carbonyl (C=O) groups is 4. The number of anilines is 1. The van der Waals surface area contributed by atoms with E-state index in [-0.39, 0.29) is 30.2 Å². The number of likely N-dealkylation sites (N-methyl/N-ethyl adjacent to an activating group) is 1. The summed E-state index contributed by atoms with van der Waals surface area (Å²) in [6.45, 7) is 6.96. The molecular weight excluding hydrogens is 690 g/mol. The molecule has 3 heterocycles. The fraction of sp³-hybridized carbons (Fsp3) is 0.600. The van der Waals surface area contributed by atoms with E-state index in [0.29, 0.717) is 23.6 Å². The second kappa shape index (κ2) is 15.9. The molecule has 15 heteroatoms. The van der Waals surface area contributed by atoms with Crippen LogP contribution in [0, 0.1) is 5.92 Å². The van der Waals surface area contributed by atoms with E-state index in [1.807, 2.05) is 13.0 Å². The van der Waals surface area contributed by atoms with Gasteiger partial charge in [0.05, 0.1) is 25.3 Å². The average molecular weight is 738 g/mol. The number of methoxy groups -OCH3 is 2. The minimum atomic E-state index is -1.82. The summed E-state index contributed by atoms with van der Waals surface area (Å²) >= 11 is 10.8. The number of nitrogens with one attached hydrogen (secondary N) is 1. The summed E-state index contributed by atoms with van der Waals surface area (Å²) in [5, 5.41) is 14.4. The number of benzene rings is 1. The number of hydrogen-bond donors (Lipinski definition) is 3. The monoisotopic (exact) mass is 737 g/mol. The number of amides is 3. The lowest BCUT2D eigenvalue weighted by Gasteiger charge is -2.42. The Morgan fingerprint density at radius 3 is 2.62 bits per heavy atom. The third-order valence-corrected chi connectivity index (χ3v) is 10.5. The molecule has 3 aliphatic heterocycles. The first-order valence-corrected chi connectivity index (χ1v) is 17.5. The van der Waals surface area contributed by atoms with Gasteiger partial charge < -0.3 is 38.6 Å². The lowest BCUT2D eigenvalue weighted by molar-refractivity contribution is -0.161. The van der Waals surface area contributed by atoms with Crippen molar-refractivity contribution in [2.75, 3.05) is 39.0 Å². The highest BCUT2D eigenvalue weighted by Crippen LogP contribution is 2.49. The highest BCUT2D eigenvalue weighted by molar-refractivity contribution is 7.80. The summed E-state index contributed by atoms with van der Waals surface area (Å²) < 4.78 is 29.0. The standard InChI is InChI=1S/C35H48ClN3O10S/c1-19-10-9-11-26(46-8)35(44)18-25(47-33(43)37-35)20(2)31-34(4,49-31)27(48-32(42)21(3)38(5)28(40)12-13-50)17-29(41)39(6)23-15-22(14-19)16-24(45-7)30(23)36/h9-11,15-16,20-21,25-27,31,44,50H,12-14,17-18H2,1-8H3,(H,37,43)/b11-9+,19-10+/t20-,21?,25+,26-,27?,31+,34+,35+/m1/s1. The zero-order valence-corrected chi connectivity index (χ0v) is 31.4. The van der Waals surface area contributed by atoms with Crippen LogP contribution in [-0.4, -0.2) is 110 Å². The summed E-state index contributed by atoms with van der Waals surface area (Å²) in [5.74, 6) is -1.30. The van der Waals surface area contributed by atoms with Crippen LogP contribution < -0.4 is 15.0 Å². The number of nitrogens with zero attached hydrogens (tertiary/aromatic N) is 2. The Kier molecular flexibility index (Phi) is 12.6. The van der Waals surface area contributed by atoms with Crippen molar-refractivity contribution in [2.24, 2.45) is 5.92 Å². The number of aliphatic hydroxyl groups is 1. The predicted molar refractivity (Wildman–Crippen MR) is 189 cm³/mol. The molecule has 1 aromatic rings. The first-order valence-electron chi connectivity index (χ1n) is 16.4. The zero-order valence-electron chi connectivity index (χ0n) is 29.7. The van der Waals surface area contributed by atoms with Crippen molar-refractivity contribution >= 4 is 53.8 Å². The highest BCUT2D eigenvalue weighted by Gasteiger charge is 2.64. The second-order valence-corrected chi connectivity index (χ2v) is 14.2. The van der Waals surface area contributed by atoms with E-state index in [1.54, 1.807) is 45.2 Å². The highest BCUT2D eigenvalue weighted by atomic mass is 35.5. The van der Waals surface area contributed by atoms with Gasteiger partial charge in [-0.25, -0.2) is 9.59 Å². The third-order valence-electron chi connectivity index (χ3n) is 9.85. The number of alkyl carbamates (subject to hydrolysis) is 1. The maximum Gasteiger partial charge on any atom is 0.409 e. The number of epoxide rings is 1. The molecule has 0 aromatic heterocycles. The lowest BCUT2D eigenvalue weighted by atomic mass is 9.83. The van der Waals surface area contributed by atoms with Gasteiger partial charge in [-0.05, 0) is 50.6 Å². The molecule has 4 rings (SSSR count). The van der Waals surface area contributed by atoms with Gasteiger partial charge in [0.2, 0.25) is 11.8 Å². The average Bonchev–Trinajstić information content (AvgIpc) is 3.76. The lowest BCUT2D eigenvalue weighted by Crippen LogP contribution is -2.63. The van der Waals surface area contributed by atoms with Gasteiger partial charge >= 0.3 is 12.1 Å². The SMILES string of the molecule is COc1cc2cc(c1Cl)N(C)C(=O)CC(OC(=O)C(C)N(C)C(=O)CCS)[C@]1(C)O[C@H]1[C@H](C)[C@@H]1C[C@@](O)(NC(=O)O1)[C@H](OC)/C=C/C=C(\C)C2. The Labute approximate surface area is 303 Å². The molecule has 13 nitrogen and oxygen atoms in total. The van der Waals surface area contributed by atoms with Crippen LogP contribution in [0.25, 0.3) is 0 Å². The van der Waals surface area contributed by atoms with E-state index in [1.165, 1.54) is 38.0 Å². The predicted octanol–water partition coefficient (Wildman–Crippen LogP) is 3.83. The van der Waals surface area contributed by atoms with Gasteiger partial charge in [-0.3, -0.25) is 14.9 Å². The van der Waals surface area contributed by atoms with Crippen LogP contribution in [0.5, 0.6) is 5.75 Å². The maximum atomic E-state index is 14.0. The molecule has 2 N–H and O–H groups in total. The van der Waals surface area contributed by atoms with Crippen molar-refractivity contribution in [1.82, 2.24) is 10.2 Å². The smallest absolute Gasteiger partial charge is 0.409 e. The van der Waals surface area contributed by atoms with Crippen molar-refractivity contribution in [2.45, 2.75) is 95.2 Å². The molecule has 8 atom stereocenters. The molecule has 3 aliphatic rings. The number of halogens is 1. The number of carbonyl (C=O) groups excluding carboxylic acids is 4. The van der Waals surface area contributed by atoms with Gasteiger partial charge in [0, 0.05) is 40.0 Å². The van der Waals surface area contributed by atoms with Crippen molar-refractivity contribution < 1.29 is 48.0 Å². The van der Waals surface area contributed by atoms with Gasteiger partial charge in [0.25, 0.3) is 0 Å². The summed E-state index contributed by atoms with van der Waals surface area (Å²) in [6.07, 6.45) is 1.08. The quantitative estimate of drug-likeness (QED) is 0.214. The third kappa shape index (κ3) is 8.42. The van der Waals surface area contributed by atoms with Gasteiger partial charge in [-0.1, -0.05) is 42.3 Å². The van der Waals surface area contributed by atoms with E-state index < -0.39 is 65.7 Å². The minimum Gasteiger partial charge on any atom is -0.495 e. The number of ether oxygens (including phenoxy) is 5. The molecule has 2 saturated heterocycles. The molecule has 276 valence electrons. The summed E-state index contributed by atoms with van der Waals surface area (Å²) in [7, 11) is 5.98. The molecule has 0 saturated carbocycles. The summed E-state index contributed by atoms with van der Waals surface area (Å²) in [4.78, 5) is 55.6. The van der Waals surface area contributed by atoms with Crippen molar-refractivity contribution in [3.8, 4) is 5.75 Å². The van der Waals surface area contributed by atoms with E-state index in [9.17, 15) is 24.3 Å². The molecule has 0 spiro atoms. The Balaban J connectivity index is 1.78. The Morgan fingerprint density at radius 1 is 1.28 bits per heavy atom. The molecule has 3 amide bonds. The van der Waals surface area contributed by atoms with Crippen LogP contribution >= 0.6 is 24.2 Å². The molecule has 2 unspecified atom stereocenters. The minimum absolute atomic E-state index is 0.0489. The van der Waals surface area contributed by atoms with Gasteiger partial charge in [0.15, 0.2) is 5.72 Å². The Hall–Kier alpha value is -3.30. The number of allylic oxidation sites excluding steroid dienone is 3. The maximum absolute atomic E-state index is 14.0. The van der Waals surface area contributed by atoms with E-state index in [4.69, 9.17) is 35.3 Å². The van der Waals surface area contributed by atoms with Gasteiger partial charge in [-0.2, -0.15) is 12.6 Å². The summed E-state index contributed by atoms with van der Waals surface area (Å²) in [5.41, 5.74) is -0.903. The molecule has 50 heavy (non-hydrogen) atoms. The van der Waals surface area contributed by atoms with Crippen LogP contribution in [0.1, 0.15) is 52.5 Å². The molecule has 1 aromatic carbocycles. The number of thiol groups is 1. The largest absolute Gasteiger partial charge is 0.495 e. The number of esters is 1. The molecule has 4 bridgehead atoms. The Bertz CT molecular complexity index is 1540. The Morgan fingerprint density at radius 2 is 1.98 bits per heavy atom. The summed E-state index contributed by atoms with van der Waals surface area (Å²) in [6, 6.07) is 2.60. The number of hydrogen-bond acceptors (Lipinski definition) is 11. The van der Waals surface area contributed by atoms with Gasteiger partial charge in [0.1, 0.15) is 40.7 Å². The van der Waals surface area contributed by atoms with Crippen LogP contribution in [0.2, 0.25) is 5.02 Å². The first-order chi connectivity index (χ1) is 23.5. The zero-order chi connectivity index (χ0) is 37.1. The van der Waals surface area contributed by atoms with Crippen molar-refractivity contribution in [3.63, 3.8) is 0 Å². The normalized spacial score (nSPS) is 32.3. The topological polar surface area (TPSA) is 156 Å². The molecular formula is C35H48ClN3O10S. The molecule has 0 aliphatic carbocycles. The number of fused-ring (bicyclic) bond motifs is 5. The van der Waals surface area contributed by atoms with E-state index >= 15 is 0 Å². The second-order valence-electron chi connectivity index (χ2n) is 13.4. The van der Waals surface area contributed by atoms with Crippen LogP contribution in [0.15, 0.2) is 35.9 Å². The van der Waals surface area contributed by atoms with Crippen molar-refractivity contribution in [3.05, 3.63) is 46.5 Å². The number of rotatable bonds is 7. The fourth-order valence-electron chi connectivity index (χ4n) is 6.49. The molecule has 0 radical (unpaired) electrons. The molecule has 2 fully saturated rings. The van der Waals surface area contributed by atoms with Crippen molar-refractivity contribution in [1.29, 1.82) is 0 Å². The van der Waals surface area contributed by atoms with Gasteiger partial charge in [-0.15, -0.1) is 0 Å².